The second-order valence-electron chi connectivity index (χ2n) is 6.08. The van der Waals surface area contributed by atoms with Crippen LogP contribution in [0.5, 0.6) is 0 Å². The SMILES string of the molecule is O=C(CN1CCC[C@H]1C(=O)O)Nc1cc(C(F)(F)F)ccc1-n1cncn1. The third kappa shape index (κ3) is 4.25. The van der Waals surface area contributed by atoms with Crippen molar-refractivity contribution in [2.75, 3.05) is 18.4 Å². The normalized spacial score (nSPS) is 17.8. The Morgan fingerprint density at radius 3 is 2.74 bits per heavy atom. The number of alkyl halides is 3. The van der Waals surface area contributed by atoms with E-state index in [1.807, 2.05) is 0 Å². The van der Waals surface area contributed by atoms with Gasteiger partial charge in [-0.15, -0.1) is 0 Å². The van der Waals surface area contributed by atoms with Crippen molar-refractivity contribution >= 4 is 17.6 Å². The fraction of sp³-hybridized carbons (Fsp3) is 0.375. The van der Waals surface area contributed by atoms with Crippen LogP contribution in [-0.4, -0.2) is 55.8 Å². The molecule has 1 aliphatic rings. The molecule has 0 radical (unpaired) electrons. The van der Waals surface area contributed by atoms with E-state index in [2.05, 4.69) is 15.4 Å². The minimum absolute atomic E-state index is 0.0913. The Labute approximate surface area is 151 Å². The first kappa shape index (κ1) is 18.8. The summed E-state index contributed by atoms with van der Waals surface area (Å²) in [6.07, 6.45) is -1.01. The molecule has 11 heteroatoms. The van der Waals surface area contributed by atoms with Crippen LogP contribution < -0.4 is 5.32 Å². The second-order valence-corrected chi connectivity index (χ2v) is 6.08. The van der Waals surface area contributed by atoms with Gasteiger partial charge in [0.25, 0.3) is 0 Å². The van der Waals surface area contributed by atoms with Crippen molar-refractivity contribution < 1.29 is 27.9 Å². The molecule has 2 heterocycles. The lowest BCUT2D eigenvalue weighted by Gasteiger charge is -2.21. The van der Waals surface area contributed by atoms with Crippen molar-refractivity contribution in [1.29, 1.82) is 0 Å². The van der Waals surface area contributed by atoms with E-state index >= 15 is 0 Å². The predicted octanol–water partition coefficient (Wildman–Crippen LogP) is 1.77. The Hall–Kier alpha value is -2.95. The number of carboxylic acids is 1. The molecule has 1 amide bonds. The van der Waals surface area contributed by atoms with E-state index in [0.29, 0.717) is 19.4 Å². The number of hydrogen-bond donors (Lipinski definition) is 2. The van der Waals surface area contributed by atoms with E-state index in [9.17, 15) is 22.8 Å². The number of nitrogens with zero attached hydrogens (tertiary/aromatic N) is 4. The molecule has 3 rings (SSSR count). The van der Waals surface area contributed by atoms with Crippen LogP contribution >= 0.6 is 0 Å². The van der Waals surface area contributed by atoms with Gasteiger partial charge in [0.15, 0.2) is 0 Å². The van der Waals surface area contributed by atoms with Crippen LogP contribution in [0.1, 0.15) is 18.4 Å². The van der Waals surface area contributed by atoms with Crippen molar-refractivity contribution in [2.45, 2.75) is 25.1 Å². The maximum atomic E-state index is 13.0. The molecule has 1 aliphatic heterocycles. The molecule has 27 heavy (non-hydrogen) atoms. The smallest absolute Gasteiger partial charge is 0.416 e. The average Bonchev–Trinajstić information content (AvgIpc) is 3.25. The molecule has 1 aromatic heterocycles. The van der Waals surface area contributed by atoms with Crippen LogP contribution in [0.3, 0.4) is 0 Å². The molecule has 0 spiro atoms. The van der Waals surface area contributed by atoms with Crippen LogP contribution in [0.25, 0.3) is 5.69 Å². The number of rotatable bonds is 5. The number of benzene rings is 1. The first-order chi connectivity index (χ1) is 12.8. The largest absolute Gasteiger partial charge is 0.480 e. The molecule has 0 saturated carbocycles. The van der Waals surface area contributed by atoms with E-state index in [-0.39, 0.29) is 17.9 Å². The zero-order chi connectivity index (χ0) is 19.6. The van der Waals surface area contributed by atoms with Crippen LogP contribution in [0.4, 0.5) is 18.9 Å². The van der Waals surface area contributed by atoms with E-state index in [4.69, 9.17) is 5.11 Å². The number of carboxylic acid groups (broad SMARTS) is 1. The quantitative estimate of drug-likeness (QED) is 0.816. The molecular formula is C16H16F3N5O3. The molecule has 0 aliphatic carbocycles. The lowest BCUT2D eigenvalue weighted by atomic mass is 10.1. The molecule has 1 atom stereocenters. The molecule has 2 N–H and O–H groups in total. The minimum Gasteiger partial charge on any atom is -0.480 e. The second kappa shape index (κ2) is 7.35. The highest BCUT2D eigenvalue weighted by molar-refractivity contribution is 5.94. The Bertz CT molecular complexity index is 838. The molecule has 1 fully saturated rings. The number of carbonyl (C=O) groups excluding carboxylic acids is 1. The number of amides is 1. The van der Waals surface area contributed by atoms with Gasteiger partial charge in [-0.25, -0.2) is 9.67 Å². The summed E-state index contributed by atoms with van der Waals surface area (Å²) in [5, 5.41) is 15.5. The first-order valence-corrected chi connectivity index (χ1v) is 8.08. The highest BCUT2D eigenvalue weighted by Crippen LogP contribution is 2.33. The Morgan fingerprint density at radius 2 is 2.11 bits per heavy atom. The zero-order valence-electron chi connectivity index (χ0n) is 14.0. The van der Waals surface area contributed by atoms with Gasteiger partial charge in [-0.3, -0.25) is 14.5 Å². The number of nitrogens with one attached hydrogen (secondary N) is 1. The van der Waals surface area contributed by atoms with Crippen LogP contribution in [0, 0.1) is 0 Å². The van der Waals surface area contributed by atoms with Crippen LogP contribution in [0.2, 0.25) is 0 Å². The van der Waals surface area contributed by atoms with Gasteiger partial charge in [0.05, 0.1) is 23.5 Å². The Morgan fingerprint density at radius 1 is 1.33 bits per heavy atom. The molecule has 8 nitrogen and oxygen atoms in total. The molecular weight excluding hydrogens is 367 g/mol. The van der Waals surface area contributed by atoms with Crippen LogP contribution in [0.15, 0.2) is 30.9 Å². The number of aliphatic carboxylic acids is 1. The molecule has 1 saturated heterocycles. The Kier molecular flexibility index (Phi) is 5.13. The zero-order valence-corrected chi connectivity index (χ0v) is 14.0. The van der Waals surface area contributed by atoms with Gasteiger partial charge in [0.2, 0.25) is 5.91 Å². The van der Waals surface area contributed by atoms with Gasteiger partial charge in [-0.05, 0) is 37.6 Å². The van der Waals surface area contributed by atoms with Crippen LogP contribution in [-0.2, 0) is 15.8 Å². The number of aromatic nitrogens is 3. The summed E-state index contributed by atoms with van der Waals surface area (Å²) in [7, 11) is 0. The highest BCUT2D eigenvalue weighted by Gasteiger charge is 2.33. The number of halogens is 3. The van der Waals surface area contributed by atoms with Gasteiger partial charge in [0, 0.05) is 0 Å². The summed E-state index contributed by atoms with van der Waals surface area (Å²) < 4.78 is 40.3. The summed E-state index contributed by atoms with van der Waals surface area (Å²) in [5.41, 5.74) is -0.803. The number of carbonyl (C=O) groups is 2. The third-order valence-corrected chi connectivity index (χ3v) is 4.26. The van der Waals surface area contributed by atoms with Gasteiger partial charge in [-0.1, -0.05) is 0 Å². The highest BCUT2D eigenvalue weighted by atomic mass is 19.4. The molecule has 144 valence electrons. The van der Waals surface area contributed by atoms with E-state index in [1.54, 1.807) is 0 Å². The summed E-state index contributed by atoms with van der Waals surface area (Å²) >= 11 is 0. The van der Waals surface area contributed by atoms with Gasteiger partial charge >= 0.3 is 12.1 Å². The maximum Gasteiger partial charge on any atom is 0.416 e. The van der Waals surface area contributed by atoms with E-state index in [0.717, 1.165) is 12.1 Å². The van der Waals surface area contributed by atoms with Crippen molar-refractivity contribution in [3.8, 4) is 5.69 Å². The summed E-state index contributed by atoms with van der Waals surface area (Å²) in [6, 6.07) is 2.11. The summed E-state index contributed by atoms with van der Waals surface area (Å²) in [4.78, 5) is 28.8. The van der Waals surface area contributed by atoms with Gasteiger partial charge < -0.3 is 10.4 Å². The summed E-state index contributed by atoms with van der Waals surface area (Å²) in [6.45, 7) is 0.201. The minimum atomic E-state index is -4.58. The van der Waals surface area contributed by atoms with Gasteiger partial charge in [-0.2, -0.15) is 18.3 Å². The van der Waals surface area contributed by atoms with Crippen molar-refractivity contribution in [1.82, 2.24) is 19.7 Å². The first-order valence-electron chi connectivity index (χ1n) is 8.08. The maximum absolute atomic E-state index is 13.0. The number of hydrogen-bond acceptors (Lipinski definition) is 5. The predicted molar refractivity (Wildman–Crippen MR) is 87.2 cm³/mol. The standard InChI is InChI=1S/C16H16F3N5O3/c17-16(18,19)10-3-4-12(24-9-20-8-21-24)11(6-10)22-14(25)7-23-5-1-2-13(23)15(26)27/h3-4,6,8-9,13H,1-2,5,7H2,(H,22,25)(H,26,27)/t13-/m0/s1. The average molecular weight is 383 g/mol. The summed E-state index contributed by atoms with van der Waals surface area (Å²) in [5.74, 6) is -1.63. The molecule has 0 unspecified atom stereocenters. The lowest BCUT2D eigenvalue weighted by molar-refractivity contribution is -0.142. The van der Waals surface area contributed by atoms with Crippen molar-refractivity contribution in [2.24, 2.45) is 0 Å². The number of likely N-dealkylation sites (tertiary alicyclic amines) is 1. The van der Waals surface area contributed by atoms with Crippen molar-refractivity contribution in [3.63, 3.8) is 0 Å². The monoisotopic (exact) mass is 383 g/mol. The molecule has 2 aromatic rings. The molecule has 0 bridgehead atoms. The van der Waals surface area contributed by atoms with E-state index in [1.165, 1.54) is 28.3 Å². The Balaban J connectivity index is 1.83. The van der Waals surface area contributed by atoms with Gasteiger partial charge in [0.1, 0.15) is 18.7 Å². The van der Waals surface area contributed by atoms with E-state index < -0.39 is 29.7 Å². The third-order valence-electron chi connectivity index (χ3n) is 4.26. The topological polar surface area (TPSA) is 100 Å². The van der Waals surface area contributed by atoms with Crippen molar-refractivity contribution in [3.05, 3.63) is 36.4 Å². The molecule has 1 aromatic carbocycles. The lowest BCUT2D eigenvalue weighted by Crippen LogP contribution is -2.41. The fourth-order valence-electron chi connectivity index (χ4n) is 3.01. The fourth-order valence-corrected chi connectivity index (χ4v) is 3.01. The number of anilines is 1.